The Morgan fingerprint density at radius 2 is 0.426 bits per heavy atom. The average molecular weight is 1370 g/mol. The topological polar surface area (TPSA) is 26.3 Å². The van der Waals surface area contributed by atoms with Crippen LogP contribution < -0.4 is 0 Å². The van der Waals surface area contributed by atoms with Crippen molar-refractivity contribution < 1.29 is 8.83 Å². The van der Waals surface area contributed by atoms with Crippen molar-refractivity contribution in [2.45, 2.75) is 0 Å². The zero-order valence-corrected chi connectivity index (χ0v) is 58.8. The summed E-state index contributed by atoms with van der Waals surface area (Å²) in [6, 6.07) is 141. The van der Waals surface area contributed by atoms with Crippen LogP contribution in [0.3, 0.4) is 0 Å². The van der Waals surface area contributed by atoms with Crippen LogP contribution in [-0.4, -0.2) is 0 Å². The maximum Gasteiger partial charge on any atom is 0.135 e. The molecule has 0 bridgehead atoms. The van der Waals surface area contributed by atoms with Crippen molar-refractivity contribution in [1.82, 2.24) is 0 Å². The van der Waals surface area contributed by atoms with Crippen LogP contribution >= 0.6 is 0 Å². The van der Waals surface area contributed by atoms with Gasteiger partial charge in [0.2, 0.25) is 0 Å². The van der Waals surface area contributed by atoms with E-state index in [4.69, 9.17) is 8.83 Å². The molecule has 0 unspecified atom stereocenters. The molecule has 2 aromatic heterocycles. The summed E-state index contributed by atoms with van der Waals surface area (Å²) in [4.78, 5) is 0. The smallest absolute Gasteiger partial charge is 0.135 e. The van der Waals surface area contributed by atoms with Crippen molar-refractivity contribution in [3.8, 4) is 44.5 Å². The van der Waals surface area contributed by atoms with Gasteiger partial charge in [0.15, 0.2) is 0 Å². The van der Waals surface area contributed by atoms with Crippen molar-refractivity contribution in [1.29, 1.82) is 0 Å². The first-order chi connectivity index (χ1) is 53.5. The van der Waals surface area contributed by atoms with Crippen LogP contribution in [0.25, 0.3) is 228 Å². The van der Waals surface area contributed by atoms with Crippen LogP contribution in [0, 0.1) is 0 Å². The van der Waals surface area contributed by atoms with E-state index in [0.717, 1.165) is 43.9 Å². The number of fused-ring (bicyclic) bond motifs is 28. The fourth-order valence-corrected chi connectivity index (χ4v) is 17.8. The molecule has 108 heavy (non-hydrogen) atoms. The van der Waals surface area contributed by atoms with Gasteiger partial charge < -0.3 is 8.83 Å². The van der Waals surface area contributed by atoms with Crippen LogP contribution in [0.15, 0.2) is 397 Å². The van der Waals surface area contributed by atoms with Crippen LogP contribution in [0.4, 0.5) is 0 Å². The summed E-state index contributed by atoms with van der Waals surface area (Å²) in [5.41, 5.74) is 13.7. The molecule has 0 radical (unpaired) electrons. The Labute approximate surface area is 621 Å². The van der Waals surface area contributed by atoms with Crippen LogP contribution in [0.1, 0.15) is 0 Å². The van der Waals surface area contributed by atoms with E-state index < -0.39 is 0 Å². The Morgan fingerprint density at radius 1 is 0.120 bits per heavy atom. The first kappa shape index (κ1) is 61.3. The van der Waals surface area contributed by atoms with Crippen molar-refractivity contribution in [2.24, 2.45) is 0 Å². The molecule has 0 amide bonds. The second-order valence-electron chi connectivity index (χ2n) is 28.8. The number of rotatable bonds is 4. The number of hydrogen-bond donors (Lipinski definition) is 0. The van der Waals surface area contributed by atoms with Crippen molar-refractivity contribution in [3.63, 3.8) is 0 Å². The highest BCUT2D eigenvalue weighted by Crippen LogP contribution is 2.47. The van der Waals surface area contributed by atoms with Crippen molar-refractivity contribution in [2.75, 3.05) is 0 Å². The zero-order valence-electron chi connectivity index (χ0n) is 58.8. The minimum absolute atomic E-state index is 0.927. The third-order valence-electron chi connectivity index (χ3n) is 22.8. The van der Waals surface area contributed by atoms with Gasteiger partial charge in [-0.1, -0.05) is 322 Å². The third-order valence-corrected chi connectivity index (χ3v) is 22.8. The predicted octanol–water partition coefficient (Wildman–Crippen LogP) is 30.5. The molecule has 22 aromatic carbocycles. The van der Waals surface area contributed by atoms with E-state index in [1.807, 2.05) is 24.3 Å². The second kappa shape index (κ2) is 24.7. The van der Waals surface area contributed by atoms with E-state index >= 15 is 0 Å². The van der Waals surface area contributed by atoms with Gasteiger partial charge in [-0.25, -0.2) is 0 Å². The van der Waals surface area contributed by atoms with Gasteiger partial charge in [-0.15, -0.1) is 0 Å². The summed E-state index contributed by atoms with van der Waals surface area (Å²) in [7, 11) is 0. The fourth-order valence-electron chi connectivity index (χ4n) is 17.8. The summed E-state index contributed by atoms with van der Waals surface area (Å²) < 4.78 is 12.2. The average Bonchev–Trinajstić information content (AvgIpc) is 0.827. The lowest BCUT2D eigenvalue weighted by Crippen LogP contribution is -1.88. The van der Waals surface area contributed by atoms with Crippen LogP contribution in [0.2, 0.25) is 0 Å². The molecule has 2 heteroatoms. The highest BCUT2D eigenvalue weighted by Gasteiger charge is 2.20. The highest BCUT2D eigenvalue weighted by atomic mass is 16.3. The molecule has 0 fully saturated rings. The lowest BCUT2D eigenvalue weighted by Gasteiger charge is -2.15. The van der Waals surface area contributed by atoms with E-state index in [1.54, 1.807) is 0 Å². The lowest BCUT2D eigenvalue weighted by molar-refractivity contribution is 0.668. The maximum atomic E-state index is 6.11. The molecule has 500 valence electrons. The largest absolute Gasteiger partial charge is 0.456 e. The number of para-hydroxylation sites is 2. The van der Waals surface area contributed by atoms with E-state index in [0.29, 0.717) is 0 Å². The number of benzene rings is 22. The van der Waals surface area contributed by atoms with Crippen molar-refractivity contribution in [3.05, 3.63) is 388 Å². The fraction of sp³-hybridized carbons (Fsp3) is 0. The highest BCUT2D eigenvalue weighted by molar-refractivity contribution is 6.33. The summed E-state index contributed by atoms with van der Waals surface area (Å²) >= 11 is 0. The maximum absolute atomic E-state index is 6.11. The van der Waals surface area contributed by atoms with Gasteiger partial charge in [0.25, 0.3) is 0 Å². The Kier molecular flexibility index (Phi) is 14.0. The molecular formula is C106H64O2. The van der Waals surface area contributed by atoms with E-state index in [9.17, 15) is 0 Å². The van der Waals surface area contributed by atoms with Crippen LogP contribution in [-0.2, 0) is 0 Å². The van der Waals surface area contributed by atoms with Gasteiger partial charge in [0, 0.05) is 21.5 Å². The Bertz CT molecular complexity index is 7560. The quantitative estimate of drug-likeness (QED) is 0.164. The monoisotopic (exact) mass is 1370 g/mol. The molecule has 0 saturated carbocycles. The molecule has 24 rings (SSSR count). The Balaban J connectivity index is 0.000000101. The molecule has 0 aliphatic carbocycles. The second-order valence-corrected chi connectivity index (χ2v) is 28.8. The van der Waals surface area contributed by atoms with Gasteiger partial charge in [-0.3, -0.25) is 0 Å². The molecule has 0 spiro atoms. The molecule has 0 saturated heterocycles. The summed E-state index contributed by atoms with van der Waals surface area (Å²) in [5.74, 6) is 0. The molecule has 2 heterocycles. The van der Waals surface area contributed by atoms with Gasteiger partial charge in [0.05, 0.1) is 0 Å². The number of hydrogen-bond acceptors (Lipinski definition) is 2. The third kappa shape index (κ3) is 9.96. The SMILES string of the molecule is c1ccc(-c2ccc3ccc(-c4cc5ccc6ccc7ccccc7c6c5c5ccccc45)cc3c2)cc1.c1ccc2c(c1)ccc1ccc3c(-c4ccc5oc6ccccc6c5c4)cc4ccccc4c3c12.c1ccc2c(c1)ccc1ccc3c(-c4ccc5oc6ccccc6c5c4)cc4ccccc4c3c12. The van der Waals surface area contributed by atoms with E-state index in [-0.39, 0.29) is 0 Å². The van der Waals surface area contributed by atoms with E-state index in [1.165, 1.54) is 185 Å². The summed E-state index contributed by atoms with van der Waals surface area (Å²) in [5, 5.41) is 38.2. The van der Waals surface area contributed by atoms with Gasteiger partial charge >= 0.3 is 0 Å². The molecular weight excluding hydrogens is 1310 g/mol. The predicted molar refractivity (Wildman–Crippen MR) is 463 cm³/mol. The van der Waals surface area contributed by atoms with Gasteiger partial charge in [-0.2, -0.15) is 0 Å². The number of furan rings is 2. The normalized spacial score (nSPS) is 11.9. The van der Waals surface area contributed by atoms with E-state index in [2.05, 4.69) is 364 Å². The molecule has 24 aromatic rings. The molecule has 2 nitrogen and oxygen atoms in total. The molecule has 0 atom stereocenters. The minimum Gasteiger partial charge on any atom is -0.456 e. The van der Waals surface area contributed by atoms with Crippen molar-refractivity contribution >= 4 is 184 Å². The first-order valence-electron chi connectivity index (χ1n) is 37.2. The minimum atomic E-state index is 0.927. The standard InChI is InChI=1S/C38H24.2C34H20O/c1-2-8-25(9-3-1)29-19-14-26-15-20-30(23-32(26)22-29)36-24-31-21-18-28-17-16-27-10-4-5-11-33(27)37(28)38(31)35-13-7-6-12-34(35)36;2*1-3-9-25-21(7-1)13-14-22-15-17-28-29(19-23-8-2-4-10-26(23)34(28)33(22)25)24-16-18-32-30(20-24)27-11-5-6-12-31(27)35-32/h1-24H;2*1-20H. The first-order valence-corrected chi connectivity index (χ1v) is 37.2. The van der Waals surface area contributed by atoms with Crippen LogP contribution in [0.5, 0.6) is 0 Å². The van der Waals surface area contributed by atoms with Gasteiger partial charge in [-0.05, 0) is 251 Å². The lowest BCUT2D eigenvalue weighted by atomic mass is 9.88. The molecule has 0 N–H and O–H groups in total. The summed E-state index contributed by atoms with van der Waals surface area (Å²) in [6.45, 7) is 0. The molecule has 0 aliphatic heterocycles. The Hall–Kier alpha value is -14.2. The molecule has 0 aliphatic rings. The Morgan fingerprint density at radius 3 is 0.926 bits per heavy atom. The summed E-state index contributed by atoms with van der Waals surface area (Å²) in [6.07, 6.45) is 0. The van der Waals surface area contributed by atoms with Gasteiger partial charge in [0.1, 0.15) is 22.3 Å². The zero-order chi connectivity index (χ0) is 70.9.